The quantitative estimate of drug-likeness (QED) is 0.714. The summed E-state index contributed by atoms with van der Waals surface area (Å²) < 4.78 is 29.0. The Labute approximate surface area is 133 Å². The molecule has 3 aromatic rings. The van der Waals surface area contributed by atoms with Gasteiger partial charge in [0.15, 0.2) is 0 Å². The second kappa shape index (κ2) is 5.91. The van der Waals surface area contributed by atoms with Crippen LogP contribution >= 0.6 is 0 Å². The number of aryl methyl sites for hydroxylation is 1. The van der Waals surface area contributed by atoms with E-state index < -0.39 is 5.92 Å². The highest BCUT2D eigenvalue weighted by molar-refractivity contribution is 5.64. The first kappa shape index (κ1) is 15.3. The van der Waals surface area contributed by atoms with Crippen LogP contribution in [0.4, 0.5) is 8.78 Å². The number of rotatable bonds is 4. The zero-order valence-electron chi connectivity index (χ0n) is 13.0. The van der Waals surface area contributed by atoms with Crippen molar-refractivity contribution in [3.63, 3.8) is 0 Å². The number of hydrogen-bond acceptors (Lipinski definition) is 2. The summed E-state index contributed by atoms with van der Waals surface area (Å²) >= 11 is 0. The molecule has 0 fully saturated rings. The lowest BCUT2D eigenvalue weighted by molar-refractivity contribution is 0.0175. The van der Waals surface area contributed by atoms with Crippen LogP contribution in [0, 0.1) is 6.92 Å². The third kappa shape index (κ3) is 3.44. The number of nitrogens with zero attached hydrogens (tertiary/aromatic N) is 3. The van der Waals surface area contributed by atoms with Crippen LogP contribution in [0.3, 0.4) is 0 Å². The summed E-state index contributed by atoms with van der Waals surface area (Å²) in [5.74, 6) is -1.93. The molecule has 1 aromatic carbocycles. The van der Waals surface area contributed by atoms with E-state index in [4.69, 9.17) is 0 Å². The van der Waals surface area contributed by atoms with Crippen LogP contribution in [0.1, 0.15) is 23.9 Å². The van der Waals surface area contributed by atoms with Crippen molar-refractivity contribution >= 4 is 0 Å². The number of hydrogen-bond donors (Lipinski definition) is 0. The van der Waals surface area contributed by atoms with Crippen molar-refractivity contribution in [1.82, 2.24) is 14.5 Å². The van der Waals surface area contributed by atoms with Gasteiger partial charge in [-0.2, -0.15) is 0 Å². The van der Waals surface area contributed by atoms with Crippen molar-refractivity contribution in [3.8, 4) is 11.1 Å². The molecule has 2 heterocycles. The highest BCUT2D eigenvalue weighted by Gasteiger charge is 2.24. The highest BCUT2D eigenvalue weighted by Crippen LogP contribution is 2.30. The summed E-state index contributed by atoms with van der Waals surface area (Å²) in [6.45, 7) is 3.49. The lowest BCUT2D eigenvalue weighted by Crippen LogP contribution is -2.06. The first-order valence-corrected chi connectivity index (χ1v) is 7.34. The fourth-order valence-electron chi connectivity index (χ4n) is 2.47. The topological polar surface area (TPSA) is 30.7 Å². The standard InChI is InChI=1S/C18H17F2N3/c1-13-22-6-7-23(13)12-14-8-16(11-21-10-14)15-4-3-5-17(9-15)18(2,19)20/h3-11H,12H2,1-2H3. The molecular weight excluding hydrogens is 296 g/mol. The number of alkyl halides is 2. The van der Waals surface area contributed by atoms with Gasteiger partial charge in [0.25, 0.3) is 5.92 Å². The molecule has 0 radical (unpaired) electrons. The Morgan fingerprint density at radius 2 is 1.96 bits per heavy atom. The molecule has 3 rings (SSSR count). The zero-order chi connectivity index (χ0) is 16.4. The molecule has 0 amide bonds. The molecule has 0 aliphatic carbocycles. The Hall–Kier alpha value is -2.56. The number of pyridine rings is 1. The third-order valence-corrected chi connectivity index (χ3v) is 3.77. The molecule has 118 valence electrons. The number of aromatic nitrogens is 3. The largest absolute Gasteiger partial charge is 0.331 e. The van der Waals surface area contributed by atoms with Gasteiger partial charge in [0.2, 0.25) is 0 Å². The Kier molecular flexibility index (Phi) is 3.94. The van der Waals surface area contributed by atoms with E-state index in [1.807, 2.05) is 29.8 Å². The third-order valence-electron chi connectivity index (χ3n) is 3.77. The highest BCUT2D eigenvalue weighted by atomic mass is 19.3. The van der Waals surface area contributed by atoms with Gasteiger partial charge >= 0.3 is 0 Å². The van der Waals surface area contributed by atoms with Crippen LogP contribution in [0.25, 0.3) is 11.1 Å². The molecule has 0 aliphatic heterocycles. The molecular formula is C18H17F2N3. The summed E-state index contributed by atoms with van der Waals surface area (Å²) in [5.41, 5.74) is 2.57. The monoisotopic (exact) mass is 313 g/mol. The van der Waals surface area contributed by atoms with Crippen molar-refractivity contribution in [2.75, 3.05) is 0 Å². The van der Waals surface area contributed by atoms with Crippen LogP contribution < -0.4 is 0 Å². The van der Waals surface area contributed by atoms with Gasteiger partial charge in [-0.3, -0.25) is 4.98 Å². The van der Waals surface area contributed by atoms with Gasteiger partial charge in [-0.15, -0.1) is 0 Å². The molecule has 0 bridgehead atoms. The molecule has 0 saturated heterocycles. The lowest BCUT2D eigenvalue weighted by Gasteiger charge is -2.12. The molecule has 0 N–H and O–H groups in total. The lowest BCUT2D eigenvalue weighted by atomic mass is 10.0. The average molecular weight is 313 g/mol. The van der Waals surface area contributed by atoms with E-state index in [9.17, 15) is 8.78 Å². The van der Waals surface area contributed by atoms with E-state index in [-0.39, 0.29) is 5.56 Å². The summed E-state index contributed by atoms with van der Waals surface area (Å²) in [7, 11) is 0. The van der Waals surface area contributed by atoms with Gasteiger partial charge in [-0.25, -0.2) is 13.8 Å². The van der Waals surface area contributed by atoms with Crippen molar-refractivity contribution in [2.45, 2.75) is 26.3 Å². The second-order valence-electron chi connectivity index (χ2n) is 5.65. The SMILES string of the molecule is Cc1nccn1Cc1cncc(-c2cccc(C(C)(F)F)c2)c1. The number of benzene rings is 1. The fourth-order valence-corrected chi connectivity index (χ4v) is 2.47. The van der Waals surface area contributed by atoms with Gasteiger partial charge < -0.3 is 4.57 Å². The molecule has 0 atom stereocenters. The summed E-state index contributed by atoms with van der Waals surface area (Å²) in [4.78, 5) is 8.43. The van der Waals surface area contributed by atoms with Crippen LogP contribution in [-0.2, 0) is 12.5 Å². The molecule has 23 heavy (non-hydrogen) atoms. The van der Waals surface area contributed by atoms with E-state index >= 15 is 0 Å². The Morgan fingerprint density at radius 1 is 1.13 bits per heavy atom. The van der Waals surface area contributed by atoms with Crippen molar-refractivity contribution in [1.29, 1.82) is 0 Å². The zero-order valence-corrected chi connectivity index (χ0v) is 13.0. The van der Waals surface area contributed by atoms with E-state index in [2.05, 4.69) is 9.97 Å². The first-order chi connectivity index (χ1) is 10.9. The summed E-state index contributed by atoms with van der Waals surface area (Å²) in [6.07, 6.45) is 7.12. The van der Waals surface area contributed by atoms with Crippen LogP contribution in [0.15, 0.2) is 55.1 Å². The fraction of sp³-hybridized carbons (Fsp3) is 0.222. The van der Waals surface area contributed by atoms with Gasteiger partial charge in [0.05, 0.1) is 6.54 Å². The van der Waals surface area contributed by atoms with E-state index in [0.29, 0.717) is 6.54 Å². The molecule has 0 saturated carbocycles. The summed E-state index contributed by atoms with van der Waals surface area (Å²) in [5, 5.41) is 0. The Bertz CT molecular complexity index is 819. The molecule has 3 nitrogen and oxygen atoms in total. The minimum atomic E-state index is -2.85. The molecule has 5 heteroatoms. The molecule has 0 aliphatic rings. The predicted molar refractivity (Wildman–Crippen MR) is 85.3 cm³/mol. The average Bonchev–Trinajstić information content (AvgIpc) is 2.92. The minimum absolute atomic E-state index is 0.00542. The van der Waals surface area contributed by atoms with Gasteiger partial charge in [-0.1, -0.05) is 18.2 Å². The maximum absolute atomic E-state index is 13.5. The van der Waals surface area contributed by atoms with Gasteiger partial charge in [-0.05, 0) is 30.2 Å². The maximum atomic E-state index is 13.5. The van der Waals surface area contributed by atoms with E-state index in [1.165, 1.54) is 12.1 Å². The molecule has 0 unspecified atom stereocenters. The van der Waals surface area contributed by atoms with Crippen molar-refractivity contribution < 1.29 is 8.78 Å². The number of imidazole rings is 1. The van der Waals surface area contributed by atoms with Crippen LogP contribution in [0.5, 0.6) is 0 Å². The minimum Gasteiger partial charge on any atom is -0.331 e. The van der Waals surface area contributed by atoms with E-state index in [0.717, 1.165) is 29.4 Å². The second-order valence-corrected chi connectivity index (χ2v) is 5.65. The Balaban J connectivity index is 1.92. The number of halogens is 2. The van der Waals surface area contributed by atoms with E-state index in [1.54, 1.807) is 24.7 Å². The smallest absolute Gasteiger partial charge is 0.270 e. The van der Waals surface area contributed by atoms with Crippen LogP contribution in [-0.4, -0.2) is 14.5 Å². The first-order valence-electron chi connectivity index (χ1n) is 7.34. The van der Waals surface area contributed by atoms with Crippen molar-refractivity contribution in [3.05, 3.63) is 72.1 Å². The van der Waals surface area contributed by atoms with Gasteiger partial charge in [0.1, 0.15) is 5.82 Å². The normalized spacial score (nSPS) is 11.7. The maximum Gasteiger partial charge on any atom is 0.270 e. The Morgan fingerprint density at radius 3 is 2.65 bits per heavy atom. The summed E-state index contributed by atoms with van der Waals surface area (Å²) in [6, 6.07) is 8.39. The van der Waals surface area contributed by atoms with Gasteiger partial charge in [0, 0.05) is 42.8 Å². The van der Waals surface area contributed by atoms with Crippen molar-refractivity contribution in [2.24, 2.45) is 0 Å². The molecule has 2 aromatic heterocycles. The van der Waals surface area contributed by atoms with Crippen LogP contribution in [0.2, 0.25) is 0 Å². The molecule has 0 spiro atoms. The predicted octanol–water partition coefficient (Wildman–Crippen LogP) is 4.41.